The molecular weight excluding hydrogens is 250 g/mol. The van der Waals surface area contributed by atoms with Gasteiger partial charge in [-0.05, 0) is 29.7 Å². The zero-order valence-corrected chi connectivity index (χ0v) is 11.8. The van der Waals surface area contributed by atoms with E-state index >= 15 is 0 Å². The lowest BCUT2D eigenvalue weighted by Gasteiger charge is -2.18. The number of carbonyl (C=O) groups excluding carboxylic acids is 1. The molecule has 0 aliphatic rings. The van der Waals surface area contributed by atoms with Crippen LogP contribution in [0.5, 0.6) is 0 Å². The van der Waals surface area contributed by atoms with E-state index in [2.05, 4.69) is 4.98 Å². The maximum Gasteiger partial charge on any atom is 0.272 e. The van der Waals surface area contributed by atoms with Gasteiger partial charge in [0.25, 0.3) is 5.91 Å². The van der Waals surface area contributed by atoms with Crippen molar-refractivity contribution >= 4 is 5.91 Å². The Morgan fingerprint density at radius 1 is 1.20 bits per heavy atom. The quantitative estimate of drug-likeness (QED) is 0.925. The number of hydrogen-bond donors (Lipinski definition) is 1. The summed E-state index contributed by atoms with van der Waals surface area (Å²) < 4.78 is 0. The van der Waals surface area contributed by atoms with Gasteiger partial charge in [0.05, 0.1) is 0 Å². The number of nitrogens with zero attached hydrogens (tertiary/aromatic N) is 2. The Bertz CT molecular complexity index is 593. The molecule has 0 radical (unpaired) electrons. The molecule has 0 aliphatic heterocycles. The van der Waals surface area contributed by atoms with Gasteiger partial charge in [-0.3, -0.25) is 9.78 Å². The van der Waals surface area contributed by atoms with Crippen molar-refractivity contribution in [3.63, 3.8) is 0 Å². The summed E-state index contributed by atoms with van der Waals surface area (Å²) in [7, 11) is 1.79. The summed E-state index contributed by atoms with van der Waals surface area (Å²) in [5, 5.41) is 0. The van der Waals surface area contributed by atoms with Crippen molar-refractivity contribution < 1.29 is 4.79 Å². The van der Waals surface area contributed by atoms with Crippen LogP contribution in [0.3, 0.4) is 0 Å². The molecule has 0 fully saturated rings. The fourth-order valence-corrected chi connectivity index (χ4v) is 2.02. The SMILES string of the molecule is Cc1cccnc1C(=O)N(C)Cc1ccc(CN)cc1. The van der Waals surface area contributed by atoms with Gasteiger partial charge in [-0.1, -0.05) is 30.3 Å². The number of rotatable bonds is 4. The molecule has 0 unspecified atom stereocenters. The number of pyridine rings is 1. The van der Waals surface area contributed by atoms with Gasteiger partial charge < -0.3 is 10.6 Å². The van der Waals surface area contributed by atoms with Crippen LogP contribution in [0.4, 0.5) is 0 Å². The molecule has 0 bridgehead atoms. The third-order valence-corrected chi connectivity index (χ3v) is 3.24. The number of nitrogens with two attached hydrogens (primary N) is 1. The van der Waals surface area contributed by atoms with Crippen LogP contribution >= 0.6 is 0 Å². The molecule has 1 amide bonds. The molecular formula is C16H19N3O. The Labute approximate surface area is 119 Å². The topological polar surface area (TPSA) is 59.2 Å². The highest BCUT2D eigenvalue weighted by atomic mass is 16.2. The molecule has 0 saturated heterocycles. The number of aryl methyl sites for hydroxylation is 1. The average Bonchev–Trinajstić information content (AvgIpc) is 2.48. The van der Waals surface area contributed by atoms with Gasteiger partial charge >= 0.3 is 0 Å². The molecule has 0 spiro atoms. The minimum atomic E-state index is -0.0639. The summed E-state index contributed by atoms with van der Waals surface area (Å²) in [5.74, 6) is -0.0639. The van der Waals surface area contributed by atoms with Crippen LogP contribution in [-0.2, 0) is 13.1 Å². The summed E-state index contributed by atoms with van der Waals surface area (Å²) in [5.41, 5.74) is 9.13. The number of amides is 1. The molecule has 104 valence electrons. The highest BCUT2D eigenvalue weighted by Crippen LogP contribution is 2.11. The van der Waals surface area contributed by atoms with Crippen LogP contribution in [-0.4, -0.2) is 22.8 Å². The first-order valence-corrected chi connectivity index (χ1v) is 6.57. The van der Waals surface area contributed by atoms with Crippen molar-refractivity contribution in [2.75, 3.05) is 7.05 Å². The van der Waals surface area contributed by atoms with Crippen molar-refractivity contribution in [3.05, 3.63) is 65.0 Å². The second kappa shape index (κ2) is 6.30. The Hall–Kier alpha value is -2.20. The molecule has 1 heterocycles. The van der Waals surface area contributed by atoms with E-state index in [0.29, 0.717) is 18.8 Å². The van der Waals surface area contributed by atoms with Crippen molar-refractivity contribution in [2.24, 2.45) is 5.73 Å². The molecule has 1 aromatic heterocycles. The zero-order chi connectivity index (χ0) is 14.5. The summed E-state index contributed by atoms with van der Waals surface area (Å²) in [6.45, 7) is 2.98. The van der Waals surface area contributed by atoms with Crippen molar-refractivity contribution in [2.45, 2.75) is 20.0 Å². The lowest BCUT2D eigenvalue weighted by atomic mass is 10.1. The smallest absolute Gasteiger partial charge is 0.272 e. The summed E-state index contributed by atoms with van der Waals surface area (Å²) in [6.07, 6.45) is 1.64. The molecule has 1 aromatic carbocycles. The lowest BCUT2D eigenvalue weighted by molar-refractivity contribution is 0.0778. The largest absolute Gasteiger partial charge is 0.336 e. The summed E-state index contributed by atoms with van der Waals surface area (Å²) >= 11 is 0. The van der Waals surface area contributed by atoms with Gasteiger partial charge in [0.1, 0.15) is 5.69 Å². The van der Waals surface area contributed by atoms with Crippen LogP contribution in [0, 0.1) is 6.92 Å². The molecule has 20 heavy (non-hydrogen) atoms. The van der Waals surface area contributed by atoms with E-state index in [9.17, 15) is 4.79 Å². The van der Waals surface area contributed by atoms with Gasteiger partial charge in [-0.15, -0.1) is 0 Å². The molecule has 2 N–H and O–H groups in total. The van der Waals surface area contributed by atoms with Crippen molar-refractivity contribution in [3.8, 4) is 0 Å². The van der Waals surface area contributed by atoms with Crippen LogP contribution in [0.25, 0.3) is 0 Å². The molecule has 0 atom stereocenters. The maximum absolute atomic E-state index is 12.3. The standard InChI is InChI=1S/C16H19N3O/c1-12-4-3-9-18-15(12)16(20)19(2)11-14-7-5-13(10-17)6-8-14/h3-9H,10-11,17H2,1-2H3. The number of benzene rings is 1. The lowest BCUT2D eigenvalue weighted by Crippen LogP contribution is -2.27. The third kappa shape index (κ3) is 3.22. The van der Waals surface area contributed by atoms with E-state index in [1.54, 1.807) is 18.1 Å². The first kappa shape index (κ1) is 14.2. The van der Waals surface area contributed by atoms with Gasteiger partial charge in [0, 0.05) is 26.3 Å². The van der Waals surface area contributed by atoms with Gasteiger partial charge in [0.15, 0.2) is 0 Å². The van der Waals surface area contributed by atoms with Crippen molar-refractivity contribution in [1.29, 1.82) is 0 Å². The van der Waals surface area contributed by atoms with E-state index in [-0.39, 0.29) is 5.91 Å². The van der Waals surface area contributed by atoms with Gasteiger partial charge in [-0.2, -0.15) is 0 Å². The molecule has 2 rings (SSSR count). The normalized spacial score (nSPS) is 10.3. The molecule has 4 heteroatoms. The van der Waals surface area contributed by atoms with E-state index in [1.807, 2.05) is 43.3 Å². The number of hydrogen-bond acceptors (Lipinski definition) is 3. The fourth-order valence-electron chi connectivity index (χ4n) is 2.02. The second-order valence-electron chi connectivity index (χ2n) is 4.85. The minimum absolute atomic E-state index is 0.0639. The average molecular weight is 269 g/mol. The van der Waals surface area contributed by atoms with Gasteiger partial charge in [0.2, 0.25) is 0 Å². The van der Waals surface area contributed by atoms with Crippen LogP contribution in [0.1, 0.15) is 27.2 Å². The van der Waals surface area contributed by atoms with E-state index < -0.39 is 0 Å². The van der Waals surface area contributed by atoms with Gasteiger partial charge in [-0.25, -0.2) is 0 Å². The number of aromatic nitrogens is 1. The third-order valence-electron chi connectivity index (χ3n) is 3.24. The second-order valence-corrected chi connectivity index (χ2v) is 4.85. The highest BCUT2D eigenvalue weighted by molar-refractivity contribution is 5.93. The molecule has 4 nitrogen and oxygen atoms in total. The minimum Gasteiger partial charge on any atom is -0.336 e. The van der Waals surface area contributed by atoms with E-state index in [4.69, 9.17) is 5.73 Å². The van der Waals surface area contributed by atoms with E-state index in [0.717, 1.165) is 16.7 Å². The Morgan fingerprint density at radius 2 is 1.85 bits per heavy atom. The first-order valence-electron chi connectivity index (χ1n) is 6.57. The van der Waals surface area contributed by atoms with Crippen LogP contribution < -0.4 is 5.73 Å². The maximum atomic E-state index is 12.3. The molecule has 2 aromatic rings. The summed E-state index contributed by atoms with van der Waals surface area (Å²) in [6, 6.07) is 11.7. The monoisotopic (exact) mass is 269 g/mol. The van der Waals surface area contributed by atoms with Crippen LogP contribution in [0.2, 0.25) is 0 Å². The van der Waals surface area contributed by atoms with Crippen molar-refractivity contribution in [1.82, 2.24) is 9.88 Å². The Morgan fingerprint density at radius 3 is 2.45 bits per heavy atom. The zero-order valence-electron chi connectivity index (χ0n) is 11.8. The van der Waals surface area contributed by atoms with Crippen LogP contribution in [0.15, 0.2) is 42.6 Å². The highest BCUT2D eigenvalue weighted by Gasteiger charge is 2.15. The Kier molecular flexibility index (Phi) is 4.48. The Balaban J connectivity index is 2.09. The fraction of sp³-hybridized carbons (Fsp3) is 0.250. The predicted molar refractivity (Wildman–Crippen MR) is 79.1 cm³/mol. The van der Waals surface area contributed by atoms with E-state index in [1.165, 1.54) is 0 Å². The number of carbonyl (C=O) groups is 1. The summed E-state index contributed by atoms with van der Waals surface area (Å²) in [4.78, 5) is 18.2. The molecule has 0 saturated carbocycles. The molecule has 0 aliphatic carbocycles. The predicted octanol–water partition coefficient (Wildman–Crippen LogP) is 2.12. The first-order chi connectivity index (χ1) is 9.61.